The second kappa shape index (κ2) is 7.81. The van der Waals surface area contributed by atoms with E-state index in [2.05, 4.69) is 38.3 Å². The van der Waals surface area contributed by atoms with Gasteiger partial charge in [0.15, 0.2) is 6.73 Å². The van der Waals surface area contributed by atoms with E-state index < -0.39 is 0 Å². The molecule has 144 valence electrons. The Morgan fingerprint density at radius 3 is 2.78 bits per heavy atom. The molecule has 0 radical (unpaired) electrons. The summed E-state index contributed by atoms with van der Waals surface area (Å²) in [5, 5.41) is 8.12. The molecule has 2 atom stereocenters. The quantitative estimate of drug-likeness (QED) is 0.750. The number of halogens is 2. The zero-order chi connectivity index (χ0) is 19.0. The van der Waals surface area contributed by atoms with Crippen LogP contribution in [0.2, 0.25) is 5.02 Å². The molecule has 2 bridgehead atoms. The van der Waals surface area contributed by atoms with Crippen LogP contribution < -0.4 is 10.1 Å². The first-order valence-corrected chi connectivity index (χ1v) is 10.3. The molecule has 3 heterocycles. The molecule has 1 amide bonds. The number of fused-ring (bicyclic) bond motifs is 2. The van der Waals surface area contributed by atoms with E-state index in [9.17, 15) is 4.79 Å². The van der Waals surface area contributed by atoms with Crippen LogP contribution in [0.25, 0.3) is 0 Å². The molecule has 2 aromatic rings. The van der Waals surface area contributed by atoms with E-state index in [0.29, 0.717) is 28.5 Å². The predicted octanol–water partition coefficient (Wildman–Crippen LogP) is 3.69. The number of nitrogens with one attached hydrogen (secondary N) is 1. The van der Waals surface area contributed by atoms with Crippen LogP contribution in [0.15, 0.2) is 34.9 Å². The van der Waals surface area contributed by atoms with E-state index in [0.717, 1.165) is 17.3 Å². The number of carbonyl (C=O) groups is 1. The SMILES string of the molecule is CN1[C@@H]2CC[C@@H]1CC(NC(=O)c1ccn(COc3ccc(Cl)cc3Br)n1)C2. The molecule has 6 nitrogen and oxygen atoms in total. The van der Waals surface area contributed by atoms with Crippen molar-refractivity contribution < 1.29 is 9.53 Å². The fraction of sp³-hybridized carbons (Fsp3) is 0.474. The van der Waals surface area contributed by atoms with Crippen molar-refractivity contribution in [2.75, 3.05) is 7.05 Å². The zero-order valence-corrected chi connectivity index (χ0v) is 17.4. The first-order chi connectivity index (χ1) is 13.0. The van der Waals surface area contributed by atoms with Gasteiger partial charge in [0.2, 0.25) is 0 Å². The fourth-order valence-corrected chi connectivity index (χ4v) is 4.87. The van der Waals surface area contributed by atoms with E-state index in [4.69, 9.17) is 16.3 Å². The van der Waals surface area contributed by atoms with Crippen LogP contribution in [0.4, 0.5) is 0 Å². The normalized spacial score (nSPS) is 24.8. The van der Waals surface area contributed by atoms with Crippen molar-refractivity contribution in [3.05, 3.63) is 45.7 Å². The molecule has 1 aromatic heterocycles. The van der Waals surface area contributed by atoms with E-state index in [1.807, 2.05) is 0 Å². The van der Waals surface area contributed by atoms with Crippen LogP contribution >= 0.6 is 27.5 Å². The van der Waals surface area contributed by atoms with Gasteiger partial charge in [0.25, 0.3) is 5.91 Å². The van der Waals surface area contributed by atoms with Crippen LogP contribution in [-0.2, 0) is 6.73 Å². The van der Waals surface area contributed by atoms with Crippen LogP contribution in [0.5, 0.6) is 5.75 Å². The molecule has 1 N–H and O–H groups in total. The number of ether oxygens (including phenoxy) is 1. The standard InChI is InChI=1S/C19H22BrClN4O2/c1-24-14-3-4-15(24)10-13(9-14)22-19(26)17-6-7-25(23-17)11-27-18-5-2-12(21)8-16(18)20/h2,5-8,13-15H,3-4,9-11H2,1H3,(H,22,26)/t14-,15-/m1/s1. The second-order valence-corrected chi connectivity index (χ2v) is 8.57. The monoisotopic (exact) mass is 452 g/mol. The third-order valence-electron chi connectivity index (χ3n) is 5.55. The Bertz CT molecular complexity index is 829. The van der Waals surface area contributed by atoms with Gasteiger partial charge < -0.3 is 15.0 Å². The molecule has 2 aliphatic rings. The van der Waals surface area contributed by atoms with Crippen LogP contribution in [0.1, 0.15) is 36.2 Å². The van der Waals surface area contributed by atoms with Gasteiger partial charge in [-0.2, -0.15) is 5.10 Å². The number of nitrogens with zero attached hydrogens (tertiary/aromatic N) is 3. The van der Waals surface area contributed by atoms with Gasteiger partial charge in [0.05, 0.1) is 4.47 Å². The van der Waals surface area contributed by atoms with Gasteiger partial charge in [-0.05, 0) is 72.9 Å². The number of piperidine rings is 1. The van der Waals surface area contributed by atoms with E-state index in [-0.39, 0.29) is 18.7 Å². The number of benzene rings is 1. The van der Waals surface area contributed by atoms with Crippen molar-refractivity contribution in [1.82, 2.24) is 20.0 Å². The highest BCUT2D eigenvalue weighted by Gasteiger charge is 2.38. The molecule has 4 rings (SSSR count). The number of rotatable bonds is 5. The number of hydrogen-bond donors (Lipinski definition) is 1. The van der Waals surface area contributed by atoms with Crippen molar-refractivity contribution in [3.63, 3.8) is 0 Å². The molecule has 0 saturated carbocycles. The predicted molar refractivity (Wildman–Crippen MR) is 107 cm³/mol. The Labute approximate surface area is 171 Å². The largest absolute Gasteiger partial charge is 0.470 e. The minimum absolute atomic E-state index is 0.115. The van der Waals surface area contributed by atoms with Crippen molar-refractivity contribution in [2.45, 2.75) is 50.5 Å². The molecule has 2 aliphatic heterocycles. The van der Waals surface area contributed by atoms with E-state index in [1.54, 1.807) is 35.1 Å². The maximum atomic E-state index is 12.5. The summed E-state index contributed by atoms with van der Waals surface area (Å²) < 4.78 is 8.11. The van der Waals surface area contributed by atoms with Gasteiger partial charge in [-0.25, -0.2) is 4.68 Å². The van der Waals surface area contributed by atoms with Crippen molar-refractivity contribution in [1.29, 1.82) is 0 Å². The average Bonchev–Trinajstić information content (AvgIpc) is 3.16. The first kappa shape index (κ1) is 18.8. The summed E-state index contributed by atoms with van der Waals surface area (Å²) in [6, 6.07) is 8.47. The van der Waals surface area contributed by atoms with Crippen molar-refractivity contribution in [2.24, 2.45) is 0 Å². The van der Waals surface area contributed by atoms with Crippen LogP contribution in [0, 0.1) is 0 Å². The topological polar surface area (TPSA) is 59.4 Å². The second-order valence-electron chi connectivity index (χ2n) is 7.28. The summed E-state index contributed by atoms with van der Waals surface area (Å²) in [7, 11) is 2.20. The van der Waals surface area contributed by atoms with Crippen molar-refractivity contribution in [3.8, 4) is 5.75 Å². The molecule has 2 fully saturated rings. The smallest absolute Gasteiger partial charge is 0.271 e. The highest BCUT2D eigenvalue weighted by molar-refractivity contribution is 9.10. The van der Waals surface area contributed by atoms with Crippen LogP contribution in [0.3, 0.4) is 0 Å². The third-order valence-corrected chi connectivity index (χ3v) is 6.41. The Morgan fingerprint density at radius 2 is 2.07 bits per heavy atom. The van der Waals surface area contributed by atoms with Crippen LogP contribution in [-0.4, -0.2) is 45.8 Å². The maximum Gasteiger partial charge on any atom is 0.271 e. The van der Waals surface area contributed by atoms with Gasteiger partial charge in [0, 0.05) is 29.3 Å². The molecule has 27 heavy (non-hydrogen) atoms. The van der Waals surface area contributed by atoms with Gasteiger partial charge in [-0.3, -0.25) is 4.79 Å². The van der Waals surface area contributed by atoms with Gasteiger partial charge in [-0.1, -0.05) is 11.6 Å². The Balaban J connectivity index is 1.33. The highest BCUT2D eigenvalue weighted by atomic mass is 79.9. The Kier molecular flexibility index (Phi) is 5.43. The molecule has 1 aromatic carbocycles. The molecular weight excluding hydrogens is 432 g/mol. The number of hydrogen-bond acceptors (Lipinski definition) is 4. The fourth-order valence-electron chi connectivity index (χ4n) is 4.07. The molecular formula is C19H22BrClN4O2. The van der Waals surface area contributed by atoms with E-state index >= 15 is 0 Å². The first-order valence-electron chi connectivity index (χ1n) is 9.13. The van der Waals surface area contributed by atoms with E-state index in [1.165, 1.54) is 12.8 Å². The minimum atomic E-state index is -0.115. The van der Waals surface area contributed by atoms with Crippen molar-refractivity contribution >= 4 is 33.4 Å². The summed E-state index contributed by atoms with van der Waals surface area (Å²) >= 11 is 9.35. The number of carbonyl (C=O) groups excluding carboxylic acids is 1. The Hall–Kier alpha value is -1.57. The highest BCUT2D eigenvalue weighted by Crippen LogP contribution is 2.34. The van der Waals surface area contributed by atoms with Gasteiger partial charge >= 0.3 is 0 Å². The van der Waals surface area contributed by atoms with Gasteiger partial charge in [0.1, 0.15) is 11.4 Å². The molecule has 2 saturated heterocycles. The lowest BCUT2D eigenvalue weighted by Crippen LogP contribution is -2.48. The zero-order valence-electron chi connectivity index (χ0n) is 15.1. The maximum absolute atomic E-state index is 12.5. The minimum Gasteiger partial charge on any atom is -0.470 e. The summed E-state index contributed by atoms with van der Waals surface area (Å²) in [4.78, 5) is 15.0. The Morgan fingerprint density at radius 1 is 1.33 bits per heavy atom. The molecule has 8 heteroatoms. The summed E-state index contributed by atoms with van der Waals surface area (Å²) in [5.74, 6) is 0.554. The molecule has 0 spiro atoms. The summed E-state index contributed by atoms with van der Waals surface area (Å²) in [5.41, 5.74) is 0.417. The molecule has 0 aliphatic carbocycles. The summed E-state index contributed by atoms with van der Waals surface area (Å²) in [6.07, 6.45) is 6.26. The van der Waals surface area contributed by atoms with Gasteiger partial charge in [-0.15, -0.1) is 0 Å². The lowest BCUT2D eigenvalue weighted by molar-refractivity contribution is 0.0875. The lowest BCUT2D eigenvalue weighted by Gasteiger charge is -2.36. The number of amides is 1. The average molecular weight is 454 g/mol. The summed E-state index contributed by atoms with van der Waals surface area (Å²) in [6.45, 7) is 0.214. The lowest BCUT2D eigenvalue weighted by atomic mass is 9.98. The third kappa shape index (κ3) is 4.15. The number of aromatic nitrogens is 2. The molecule has 0 unspecified atom stereocenters.